The molecule has 1 unspecified atom stereocenters. The van der Waals surface area contributed by atoms with E-state index in [-0.39, 0.29) is 1.43 Å². The molecule has 38 valence electrons. The van der Waals surface area contributed by atoms with Crippen LogP contribution in [0.5, 0.6) is 0 Å². The number of halogens is 1. The maximum Gasteiger partial charge on any atom is 0.114 e. The van der Waals surface area contributed by atoms with Gasteiger partial charge in [-0.05, 0) is 13.0 Å². The van der Waals surface area contributed by atoms with E-state index in [1.54, 1.807) is 0 Å². The number of alkyl halides is 1. The summed E-state index contributed by atoms with van der Waals surface area (Å²) < 4.78 is 11.9. The van der Waals surface area contributed by atoms with Crippen molar-refractivity contribution in [2.24, 2.45) is 0 Å². The molecule has 1 aliphatic heterocycles. The lowest BCUT2D eigenvalue weighted by molar-refractivity contribution is 0.361. The van der Waals surface area contributed by atoms with Gasteiger partial charge in [0.1, 0.15) is 6.17 Å². The van der Waals surface area contributed by atoms with Crippen LogP contribution in [-0.2, 0) is 0 Å². The van der Waals surface area contributed by atoms with E-state index >= 15 is 0 Å². The molecule has 0 aliphatic carbocycles. The summed E-state index contributed by atoms with van der Waals surface area (Å²) in [6.07, 6.45) is 0.144. The van der Waals surface area contributed by atoms with Gasteiger partial charge < -0.3 is 5.32 Å². The standard InChI is InChI=1S/C4H8FN.H2/c5-4-1-2-6-3-4;/h4,6H,1-3H2;1H. The highest BCUT2D eigenvalue weighted by Crippen LogP contribution is 1.99. The third kappa shape index (κ3) is 0.684. The highest BCUT2D eigenvalue weighted by molar-refractivity contribution is 4.68. The molecule has 0 aromatic heterocycles. The highest BCUT2D eigenvalue weighted by atomic mass is 19.1. The van der Waals surface area contributed by atoms with Gasteiger partial charge in [0.15, 0.2) is 0 Å². The molecule has 0 spiro atoms. The third-order valence-corrected chi connectivity index (χ3v) is 1.00. The second kappa shape index (κ2) is 1.56. The molecule has 1 rings (SSSR count). The molecule has 1 fully saturated rings. The Balaban J connectivity index is 0.000000360. The molecular weight excluding hydrogens is 81.0 g/mol. The topological polar surface area (TPSA) is 12.0 Å². The second-order valence-corrected chi connectivity index (χ2v) is 1.59. The van der Waals surface area contributed by atoms with Crippen LogP contribution in [0.3, 0.4) is 0 Å². The van der Waals surface area contributed by atoms with Crippen LogP contribution in [0.2, 0.25) is 0 Å². The van der Waals surface area contributed by atoms with Crippen molar-refractivity contribution in [3.05, 3.63) is 0 Å². The lowest BCUT2D eigenvalue weighted by atomic mass is 10.4. The SMILES string of the molecule is FC1CCNC1.[HH]. The van der Waals surface area contributed by atoms with Crippen molar-refractivity contribution in [2.45, 2.75) is 12.6 Å². The van der Waals surface area contributed by atoms with Crippen molar-refractivity contribution < 1.29 is 5.82 Å². The van der Waals surface area contributed by atoms with E-state index in [0.29, 0.717) is 13.0 Å². The molecule has 2 heteroatoms. The zero-order valence-corrected chi connectivity index (χ0v) is 3.58. The molecule has 1 N–H and O–H groups in total. The molecule has 0 aromatic rings. The van der Waals surface area contributed by atoms with Crippen LogP contribution >= 0.6 is 0 Å². The van der Waals surface area contributed by atoms with Gasteiger partial charge in [-0.25, -0.2) is 4.39 Å². The molecule has 1 aliphatic rings. The van der Waals surface area contributed by atoms with Crippen molar-refractivity contribution in [2.75, 3.05) is 13.1 Å². The van der Waals surface area contributed by atoms with E-state index in [9.17, 15) is 4.39 Å². The Kier molecular flexibility index (Phi) is 1.05. The summed E-state index contributed by atoms with van der Waals surface area (Å²) in [7, 11) is 0. The van der Waals surface area contributed by atoms with Crippen LogP contribution in [-0.4, -0.2) is 19.3 Å². The predicted octanol–water partition coefficient (Wildman–Crippen LogP) is 0.564. The summed E-state index contributed by atoms with van der Waals surface area (Å²) in [4.78, 5) is 0. The van der Waals surface area contributed by atoms with Crippen LogP contribution in [0.4, 0.5) is 4.39 Å². The quantitative estimate of drug-likeness (QED) is 0.459. The van der Waals surface area contributed by atoms with Crippen molar-refractivity contribution in [3.8, 4) is 0 Å². The first-order chi connectivity index (χ1) is 2.89. The monoisotopic (exact) mass is 91.1 g/mol. The van der Waals surface area contributed by atoms with Gasteiger partial charge in [0, 0.05) is 7.97 Å². The molecule has 0 amide bonds. The highest BCUT2D eigenvalue weighted by Gasteiger charge is 2.10. The molecular formula is C4H10FN. The van der Waals surface area contributed by atoms with Crippen LogP contribution < -0.4 is 5.32 Å². The normalized spacial score (nSPS) is 34.5. The van der Waals surface area contributed by atoms with Gasteiger partial charge in [0.25, 0.3) is 0 Å². The molecule has 1 saturated heterocycles. The number of hydrogen-bond donors (Lipinski definition) is 1. The Morgan fingerprint density at radius 3 is 2.83 bits per heavy atom. The van der Waals surface area contributed by atoms with Crippen LogP contribution in [0.1, 0.15) is 7.85 Å². The average Bonchev–Trinajstić information content (AvgIpc) is 1.86. The van der Waals surface area contributed by atoms with E-state index in [0.717, 1.165) is 6.54 Å². The number of nitrogens with one attached hydrogen (secondary N) is 1. The zero-order valence-electron chi connectivity index (χ0n) is 3.58. The second-order valence-electron chi connectivity index (χ2n) is 1.59. The molecule has 0 radical (unpaired) electrons. The van der Waals surface area contributed by atoms with Crippen molar-refractivity contribution >= 4 is 0 Å². The minimum atomic E-state index is -0.565. The predicted molar refractivity (Wildman–Crippen MR) is 24.5 cm³/mol. The lowest BCUT2D eigenvalue weighted by Crippen LogP contribution is -2.08. The van der Waals surface area contributed by atoms with E-state index in [2.05, 4.69) is 5.32 Å². The maximum atomic E-state index is 11.9. The van der Waals surface area contributed by atoms with Gasteiger partial charge in [-0.3, -0.25) is 0 Å². The Morgan fingerprint density at radius 2 is 2.67 bits per heavy atom. The molecule has 0 bridgehead atoms. The van der Waals surface area contributed by atoms with Gasteiger partial charge in [-0.15, -0.1) is 0 Å². The van der Waals surface area contributed by atoms with Gasteiger partial charge in [0.05, 0.1) is 0 Å². The van der Waals surface area contributed by atoms with Crippen LogP contribution in [0, 0.1) is 0 Å². The first kappa shape index (κ1) is 4.06. The van der Waals surface area contributed by atoms with Gasteiger partial charge >= 0.3 is 0 Å². The molecule has 6 heavy (non-hydrogen) atoms. The molecule has 1 heterocycles. The molecule has 1 nitrogen and oxygen atoms in total. The Morgan fingerprint density at radius 1 is 1.83 bits per heavy atom. The van der Waals surface area contributed by atoms with Crippen molar-refractivity contribution in [1.82, 2.24) is 5.32 Å². The van der Waals surface area contributed by atoms with E-state index < -0.39 is 6.17 Å². The third-order valence-electron chi connectivity index (χ3n) is 1.00. The van der Waals surface area contributed by atoms with E-state index in [1.807, 2.05) is 0 Å². The first-order valence-corrected chi connectivity index (χ1v) is 2.24. The smallest absolute Gasteiger partial charge is 0.114 e. The van der Waals surface area contributed by atoms with Crippen LogP contribution in [0.25, 0.3) is 0 Å². The minimum Gasteiger partial charge on any atom is -0.314 e. The lowest BCUT2D eigenvalue weighted by Gasteiger charge is -1.86. The Labute approximate surface area is 38.0 Å². The molecule has 1 atom stereocenters. The molecule has 0 saturated carbocycles. The molecule has 0 aromatic carbocycles. The van der Waals surface area contributed by atoms with Gasteiger partial charge in [-0.2, -0.15) is 0 Å². The Hall–Kier alpha value is -0.110. The van der Waals surface area contributed by atoms with E-state index in [1.165, 1.54) is 0 Å². The van der Waals surface area contributed by atoms with Gasteiger partial charge in [0.2, 0.25) is 0 Å². The largest absolute Gasteiger partial charge is 0.314 e. The van der Waals surface area contributed by atoms with Crippen molar-refractivity contribution in [3.63, 3.8) is 0 Å². The zero-order chi connectivity index (χ0) is 4.41. The first-order valence-electron chi connectivity index (χ1n) is 2.24. The summed E-state index contributed by atoms with van der Waals surface area (Å²) in [5, 5.41) is 2.90. The summed E-state index contributed by atoms with van der Waals surface area (Å²) in [6, 6.07) is 0. The van der Waals surface area contributed by atoms with Gasteiger partial charge in [-0.1, -0.05) is 0 Å². The maximum absolute atomic E-state index is 11.9. The summed E-state index contributed by atoms with van der Waals surface area (Å²) >= 11 is 0. The van der Waals surface area contributed by atoms with Crippen molar-refractivity contribution in [1.29, 1.82) is 0 Å². The minimum absolute atomic E-state index is 0. The average molecular weight is 91.1 g/mol. The van der Waals surface area contributed by atoms with Crippen LogP contribution in [0.15, 0.2) is 0 Å². The number of hydrogen-bond acceptors (Lipinski definition) is 1. The van der Waals surface area contributed by atoms with E-state index in [4.69, 9.17) is 0 Å². The fourth-order valence-corrected chi connectivity index (χ4v) is 0.619. The summed E-state index contributed by atoms with van der Waals surface area (Å²) in [6.45, 7) is 1.43. The Bertz CT molecular complexity index is 45.0. The summed E-state index contributed by atoms with van der Waals surface area (Å²) in [5.74, 6) is 0. The fourth-order valence-electron chi connectivity index (χ4n) is 0.619. The summed E-state index contributed by atoms with van der Waals surface area (Å²) in [5.41, 5.74) is 0. The number of rotatable bonds is 0. The fraction of sp³-hybridized carbons (Fsp3) is 1.00.